The topological polar surface area (TPSA) is 46.6 Å². The standard InChI is InChI=1S/C16H13Cl2F2NO3S/c17-11-5-10(6-12(18)7-11)15-9-21(3-4-24-15)25(22,23)16-2-1-13(19)8-14(16)20/h1-2,5-8,15H,3-4,9H2. The van der Waals surface area contributed by atoms with Crippen molar-refractivity contribution in [3.05, 3.63) is 63.6 Å². The molecule has 1 fully saturated rings. The molecule has 0 aliphatic carbocycles. The van der Waals surface area contributed by atoms with Gasteiger partial charge in [-0.05, 0) is 35.9 Å². The number of sulfonamides is 1. The molecule has 2 aromatic rings. The first-order valence-corrected chi connectivity index (χ1v) is 9.50. The third kappa shape index (κ3) is 3.96. The number of rotatable bonds is 3. The third-order valence-electron chi connectivity index (χ3n) is 3.80. The summed E-state index contributed by atoms with van der Waals surface area (Å²) in [5.74, 6) is -1.97. The Morgan fingerprint density at radius 1 is 1.08 bits per heavy atom. The molecule has 1 unspecified atom stereocenters. The van der Waals surface area contributed by atoms with Gasteiger partial charge in [0.1, 0.15) is 16.5 Å². The zero-order valence-electron chi connectivity index (χ0n) is 12.8. The van der Waals surface area contributed by atoms with E-state index in [1.807, 2.05) is 0 Å². The molecular weight excluding hydrogens is 395 g/mol. The molecule has 9 heteroatoms. The maximum Gasteiger partial charge on any atom is 0.246 e. The van der Waals surface area contributed by atoms with Crippen molar-refractivity contribution in [3.63, 3.8) is 0 Å². The Morgan fingerprint density at radius 2 is 1.76 bits per heavy atom. The summed E-state index contributed by atoms with van der Waals surface area (Å²) >= 11 is 11.9. The van der Waals surface area contributed by atoms with E-state index in [1.165, 1.54) is 0 Å². The molecule has 4 nitrogen and oxygen atoms in total. The lowest BCUT2D eigenvalue weighted by Crippen LogP contribution is -2.42. The third-order valence-corrected chi connectivity index (χ3v) is 6.13. The van der Waals surface area contributed by atoms with E-state index in [2.05, 4.69) is 0 Å². The molecule has 0 amide bonds. The molecule has 0 aromatic heterocycles. The molecule has 3 rings (SSSR count). The van der Waals surface area contributed by atoms with Crippen LogP contribution in [0.4, 0.5) is 8.78 Å². The van der Waals surface area contributed by atoms with Gasteiger partial charge in [0.25, 0.3) is 0 Å². The normalized spacial score (nSPS) is 19.1. The Balaban J connectivity index is 1.90. The fraction of sp³-hybridized carbons (Fsp3) is 0.250. The van der Waals surface area contributed by atoms with E-state index in [0.717, 1.165) is 16.4 Å². The van der Waals surface area contributed by atoms with Gasteiger partial charge >= 0.3 is 0 Å². The minimum atomic E-state index is -4.12. The fourth-order valence-corrected chi connectivity index (χ4v) is 4.64. The summed E-state index contributed by atoms with van der Waals surface area (Å²) in [5.41, 5.74) is 0.622. The molecule has 0 radical (unpaired) electrons. The van der Waals surface area contributed by atoms with Crippen molar-refractivity contribution in [1.82, 2.24) is 4.31 Å². The second-order valence-electron chi connectivity index (χ2n) is 5.50. The molecule has 1 atom stereocenters. The van der Waals surface area contributed by atoms with Gasteiger partial charge in [-0.3, -0.25) is 0 Å². The van der Waals surface area contributed by atoms with Crippen molar-refractivity contribution in [1.29, 1.82) is 0 Å². The number of ether oxygens (including phenoxy) is 1. The van der Waals surface area contributed by atoms with Crippen LogP contribution in [0.25, 0.3) is 0 Å². The number of morpholine rings is 1. The summed E-state index contributed by atoms with van der Waals surface area (Å²) in [4.78, 5) is -0.571. The summed E-state index contributed by atoms with van der Waals surface area (Å²) < 4.78 is 59.0. The zero-order valence-corrected chi connectivity index (χ0v) is 15.1. The van der Waals surface area contributed by atoms with Crippen molar-refractivity contribution >= 4 is 33.2 Å². The van der Waals surface area contributed by atoms with Crippen LogP contribution in [0.15, 0.2) is 41.3 Å². The highest BCUT2D eigenvalue weighted by molar-refractivity contribution is 7.89. The molecule has 0 spiro atoms. The molecule has 1 heterocycles. The van der Waals surface area contributed by atoms with Gasteiger partial charge in [-0.2, -0.15) is 4.31 Å². The molecular formula is C16H13Cl2F2NO3S. The van der Waals surface area contributed by atoms with E-state index < -0.39 is 32.7 Å². The van der Waals surface area contributed by atoms with Crippen molar-refractivity contribution in [3.8, 4) is 0 Å². The first-order valence-electron chi connectivity index (χ1n) is 7.30. The summed E-state index contributed by atoms with van der Waals surface area (Å²) in [5, 5.41) is 0.798. The number of halogens is 4. The molecule has 25 heavy (non-hydrogen) atoms. The second-order valence-corrected chi connectivity index (χ2v) is 8.28. The summed E-state index contributed by atoms with van der Waals surface area (Å²) in [6.07, 6.45) is -0.594. The highest BCUT2D eigenvalue weighted by Gasteiger charge is 2.33. The number of nitrogens with zero attached hydrogens (tertiary/aromatic N) is 1. The van der Waals surface area contributed by atoms with Crippen LogP contribution in [0.1, 0.15) is 11.7 Å². The quantitative estimate of drug-likeness (QED) is 0.771. The molecule has 0 bridgehead atoms. The maximum absolute atomic E-state index is 13.9. The molecule has 1 saturated heterocycles. The molecule has 134 valence electrons. The van der Waals surface area contributed by atoms with E-state index >= 15 is 0 Å². The number of hydrogen-bond donors (Lipinski definition) is 0. The van der Waals surface area contributed by atoms with Crippen LogP contribution in [0.2, 0.25) is 10.0 Å². The van der Waals surface area contributed by atoms with Gasteiger partial charge in [0, 0.05) is 29.2 Å². The first-order chi connectivity index (χ1) is 11.8. The van der Waals surface area contributed by atoms with E-state index in [9.17, 15) is 17.2 Å². The van der Waals surface area contributed by atoms with Gasteiger partial charge in [-0.1, -0.05) is 23.2 Å². The Bertz CT molecular complexity index is 888. The summed E-state index contributed by atoms with van der Waals surface area (Å²) in [6.45, 7) is 0.149. The summed E-state index contributed by atoms with van der Waals surface area (Å²) in [6, 6.07) is 7.18. The van der Waals surface area contributed by atoms with Crippen LogP contribution in [-0.4, -0.2) is 32.4 Å². The van der Waals surface area contributed by atoms with Crippen molar-refractivity contribution in [2.24, 2.45) is 0 Å². The van der Waals surface area contributed by atoms with Crippen LogP contribution < -0.4 is 0 Å². The Morgan fingerprint density at radius 3 is 2.40 bits per heavy atom. The Labute approximate surface area is 154 Å². The van der Waals surface area contributed by atoms with Crippen LogP contribution in [0.5, 0.6) is 0 Å². The monoisotopic (exact) mass is 407 g/mol. The Hall–Kier alpha value is -1.25. The smallest absolute Gasteiger partial charge is 0.246 e. The van der Waals surface area contributed by atoms with Crippen LogP contribution in [0.3, 0.4) is 0 Å². The highest BCUT2D eigenvalue weighted by atomic mass is 35.5. The largest absolute Gasteiger partial charge is 0.371 e. The zero-order chi connectivity index (χ0) is 18.2. The van der Waals surface area contributed by atoms with Crippen LogP contribution in [-0.2, 0) is 14.8 Å². The lowest BCUT2D eigenvalue weighted by Gasteiger charge is -2.32. The van der Waals surface area contributed by atoms with Crippen LogP contribution >= 0.6 is 23.2 Å². The van der Waals surface area contributed by atoms with E-state index in [1.54, 1.807) is 18.2 Å². The fourth-order valence-electron chi connectivity index (χ4n) is 2.63. The lowest BCUT2D eigenvalue weighted by molar-refractivity contribution is -0.00260. The average Bonchev–Trinajstić information content (AvgIpc) is 2.53. The minimum Gasteiger partial charge on any atom is -0.371 e. The predicted octanol–water partition coefficient (Wildman–Crippen LogP) is 4.03. The minimum absolute atomic E-state index is 0.0319. The van der Waals surface area contributed by atoms with Gasteiger partial charge in [0.2, 0.25) is 10.0 Å². The number of benzene rings is 2. The molecule has 0 N–H and O–H groups in total. The SMILES string of the molecule is O=S(=O)(c1ccc(F)cc1F)N1CCOC(c2cc(Cl)cc(Cl)c2)C1. The lowest BCUT2D eigenvalue weighted by atomic mass is 10.1. The van der Waals surface area contributed by atoms with E-state index in [0.29, 0.717) is 21.7 Å². The van der Waals surface area contributed by atoms with Crippen LogP contribution in [0, 0.1) is 11.6 Å². The van der Waals surface area contributed by atoms with E-state index in [4.69, 9.17) is 27.9 Å². The van der Waals surface area contributed by atoms with Gasteiger partial charge in [-0.15, -0.1) is 0 Å². The second kappa shape index (κ2) is 7.17. The van der Waals surface area contributed by atoms with Gasteiger partial charge in [0.15, 0.2) is 0 Å². The Kier molecular flexibility index (Phi) is 5.31. The molecule has 0 saturated carbocycles. The van der Waals surface area contributed by atoms with E-state index in [-0.39, 0.29) is 19.7 Å². The number of hydrogen-bond acceptors (Lipinski definition) is 3. The maximum atomic E-state index is 13.9. The van der Waals surface area contributed by atoms with Gasteiger partial charge in [0.05, 0.1) is 12.7 Å². The van der Waals surface area contributed by atoms with Gasteiger partial charge in [-0.25, -0.2) is 17.2 Å². The highest BCUT2D eigenvalue weighted by Crippen LogP contribution is 2.30. The molecule has 1 aliphatic rings. The van der Waals surface area contributed by atoms with Crippen molar-refractivity contribution in [2.45, 2.75) is 11.0 Å². The predicted molar refractivity (Wildman–Crippen MR) is 90.3 cm³/mol. The first kappa shape index (κ1) is 18.5. The average molecular weight is 408 g/mol. The van der Waals surface area contributed by atoms with Gasteiger partial charge < -0.3 is 4.74 Å². The van der Waals surface area contributed by atoms with Crippen molar-refractivity contribution < 1.29 is 21.9 Å². The molecule has 2 aromatic carbocycles. The summed E-state index contributed by atoms with van der Waals surface area (Å²) in [7, 11) is -4.12. The van der Waals surface area contributed by atoms with Crippen molar-refractivity contribution in [2.75, 3.05) is 19.7 Å². The molecule has 1 aliphatic heterocycles.